The molecule has 2 aromatic rings. The molecule has 1 aliphatic rings. The van der Waals surface area contributed by atoms with Gasteiger partial charge in [0.2, 0.25) is 0 Å². The van der Waals surface area contributed by atoms with Crippen LogP contribution in [0.25, 0.3) is 11.4 Å². The minimum absolute atomic E-state index is 0.127. The smallest absolute Gasteiger partial charge is 0.407 e. The van der Waals surface area contributed by atoms with Crippen molar-refractivity contribution in [2.24, 2.45) is 13.0 Å². The molecule has 0 saturated heterocycles. The highest BCUT2D eigenvalue weighted by atomic mass is 16.5. The average Bonchev–Trinajstić information content (AvgIpc) is 3.13. The van der Waals surface area contributed by atoms with Crippen LogP contribution in [0, 0.1) is 5.92 Å². The Morgan fingerprint density at radius 2 is 2.16 bits per heavy atom. The molecule has 1 aliphatic carbocycles. The van der Waals surface area contributed by atoms with E-state index in [2.05, 4.69) is 20.6 Å². The molecule has 2 atom stereocenters. The number of rotatable bonds is 9. The molecule has 0 aliphatic heterocycles. The molecule has 1 amide bonds. The van der Waals surface area contributed by atoms with E-state index in [9.17, 15) is 14.7 Å². The highest BCUT2D eigenvalue weighted by molar-refractivity contribution is 5.70. The summed E-state index contributed by atoms with van der Waals surface area (Å²) in [6.45, 7) is 2.62. The molecule has 0 radical (unpaired) electrons. The summed E-state index contributed by atoms with van der Waals surface area (Å²) in [6, 6.07) is 3.57. The number of unbranched alkanes of at least 4 members (excludes halogenated alkanes) is 1. The zero-order valence-electron chi connectivity index (χ0n) is 17.9. The Balaban J connectivity index is 1.61. The van der Waals surface area contributed by atoms with Crippen molar-refractivity contribution < 1.29 is 24.2 Å². The van der Waals surface area contributed by atoms with Gasteiger partial charge >= 0.3 is 12.1 Å². The SMILES string of the molecule is CCCCOC(=O)NCc1c(-c2ccc(O[C@@H]3CCC[C@H](C(=O)O)C3)cn2)nnn1C. The largest absolute Gasteiger partial charge is 0.489 e. The number of ether oxygens (including phenoxy) is 2. The number of pyridine rings is 1. The number of carboxylic acid groups (broad SMARTS) is 1. The van der Waals surface area contributed by atoms with Gasteiger partial charge in [-0.05, 0) is 44.2 Å². The molecule has 2 aromatic heterocycles. The van der Waals surface area contributed by atoms with Crippen LogP contribution in [0.1, 0.15) is 51.1 Å². The van der Waals surface area contributed by atoms with Gasteiger partial charge in [0, 0.05) is 7.05 Å². The van der Waals surface area contributed by atoms with Crippen LogP contribution in [-0.2, 0) is 23.1 Å². The molecule has 0 aromatic carbocycles. The number of aromatic nitrogens is 4. The number of hydrogen-bond acceptors (Lipinski definition) is 7. The molecule has 0 unspecified atom stereocenters. The topological polar surface area (TPSA) is 128 Å². The number of carbonyl (C=O) groups is 2. The number of carbonyl (C=O) groups excluding carboxylic acids is 1. The van der Waals surface area contributed by atoms with E-state index in [-0.39, 0.29) is 18.6 Å². The first-order chi connectivity index (χ1) is 15.0. The summed E-state index contributed by atoms with van der Waals surface area (Å²) in [5.74, 6) is -0.531. The molecule has 31 heavy (non-hydrogen) atoms. The van der Waals surface area contributed by atoms with Gasteiger partial charge in [-0.15, -0.1) is 5.10 Å². The summed E-state index contributed by atoms with van der Waals surface area (Å²) in [5, 5.41) is 20.1. The summed E-state index contributed by atoms with van der Waals surface area (Å²) in [5.41, 5.74) is 1.86. The van der Waals surface area contributed by atoms with Gasteiger partial charge in [-0.25, -0.2) is 9.48 Å². The lowest BCUT2D eigenvalue weighted by atomic mass is 9.87. The Morgan fingerprint density at radius 3 is 2.87 bits per heavy atom. The van der Waals surface area contributed by atoms with Gasteiger partial charge in [0.15, 0.2) is 0 Å². The van der Waals surface area contributed by atoms with Crippen LogP contribution in [0.5, 0.6) is 5.75 Å². The maximum Gasteiger partial charge on any atom is 0.407 e. The third-order valence-electron chi connectivity index (χ3n) is 5.33. The summed E-state index contributed by atoms with van der Waals surface area (Å²) in [6.07, 6.45) is 5.64. The number of nitrogens with one attached hydrogen (secondary N) is 1. The third kappa shape index (κ3) is 6.16. The van der Waals surface area contributed by atoms with E-state index < -0.39 is 12.1 Å². The van der Waals surface area contributed by atoms with E-state index >= 15 is 0 Å². The van der Waals surface area contributed by atoms with Crippen molar-refractivity contribution in [1.82, 2.24) is 25.3 Å². The molecule has 2 heterocycles. The number of carboxylic acids is 1. The Labute approximate surface area is 181 Å². The van der Waals surface area contributed by atoms with E-state index in [1.807, 2.05) is 6.92 Å². The molecule has 10 nitrogen and oxygen atoms in total. The van der Waals surface area contributed by atoms with Gasteiger partial charge in [0.1, 0.15) is 11.4 Å². The highest BCUT2D eigenvalue weighted by Crippen LogP contribution is 2.28. The van der Waals surface area contributed by atoms with E-state index in [1.54, 1.807) is 30.1 Å². The van der Waals surface area contributed by atoms with Gasteiger partial charge < -0.3 is 19.9 Å². The average molecular weight is 431 g/mol. The van der Waals surface area contributed by atoms with Gasteiger partial charge in [-0.3, -0.25) is 9.78 Å². The molecule has 168 valence electrons. The first kappa shape index (κ1) is 22.5. The van der Waals surface area contributed by atoms with Crippen LogP contribution < -0.4 is 10.1 Å². The van der Waals surface area contributed by atoms with Crippen molar-refractivity contribution in [2.45, 2.75) is 58.1 Å². The fourth-order valence-electron chi connectivity index (χ4n) is 3.55. The van der Waals surface area contributed by atoms with E-state index in [0.29, 0.717) is 42.3 Å². The molecular formula is C21H29N5O5. The minimum Gasteiger partial charge on any atom is -0.489 e. The number of aryl methyl sites for hydroxylation is 1. The second kappa shape index (κ2) is 10.7. The Bertz CT molecular complexity index is 883. The van der Waals surface area contributed by atoms with Crippen molar-refractivity contribution in [3.63, 3.8) is 0 Å². The highest BCUT2D eigenvalue weighted by Gasteiger charge is 2.28. The minimum atomic E-state index is -0.764. The van der Waals surface area contributed by atoms with E-state index in [4.69, 9.17) is 9.47 Å². The Hall–Kier alpha value is -3.17. The normalized spacial score (nSPS) is 18.4. The van der Waals surface area contributed by atoms with Gasteiger partial charge in [-0.2, -0.15) is 0 Å². The first-order valence-corrected chi connectivity index (χ1v) is 10.6. The van der Waals surface area contributed by atoms with E-state index in [0.717, 1.165) is 25.7 Å². The van der Waals surface area contributed by atoms with E-state index in [1.165, 1.54) is 0 Å². The predicted octanol–water partition coefficient (Wildman–Crippen LogP) is 2.93. The summed E-state index contributed by atoms with van der Waals surface area (Å²) >= 11 is 0. The lowest BCUT2D eigenvalue weighted by Crippen LogP contribution is -2.29. The van der Waals surface area contributed by atoms with Gasteiger partial charge in [0.05, 0.1) is 42.8 Å². The standard InChI is InChI=1S/C21H29N5O5/c1-3-4-10-30-21(29)23-13-18-19(24-25-26(18)2)17-9-8-16(12-22-17)31-15-7-5-6-14(11-15)20(27)28/h8-9,12,14-15H,3-7,10-11,13H2,1-2H3,(H,23,29)(H,27,28)/t14-,15+/m0/s1. The zero-order valence-corrected chi connectivity index (χ0v) is 17.9. The number of amides is 1. The predicted molar refractivity (Wildman–Crippen MR) is 111 cm³/mol. The van der Waals surface area contributed by atoms with Crippen LogP contribution in [0.4, 0.5) is 4.79 Å². The van der Waals surface area contributed by atoms with Crippen molar-refractivity contribution in [3.05, 3.63) is 24.0 Å². The molecular weight excluding hydrogens is 402 g/mol. The Morgan fingerprint density at radius 1 is 1.32 bits per heavy atom. The fourth-order valence-corrected chi connectivity index (χ4v) is 3.55. The first-order valence-electron chi connectivity index (χ1n) is 10.6. The fraction of sp³-hybridized carbons (Fsp3) is 0.571. The summed E-state index contributed by atoms with van der Waals surface area (Å²) in [7, 11) is 1.75. The lowest BCUT2D eigenvalue weighted by molar-refractivity contribution is -0.143. The van der Waals surface area contributed by atoms with Crippen LogP contribution in [0.3, 0.4) is 0 Å². The molecule has 10 heteroatoms. The number of nitrogens with zero attached hydrogens (tertiary/aromatic N) is 4. The van der Waals surface area contributed by atoms with Crippen molar-refractivity contribution >= 4 is 12.1 Å². The monoisotopic (exact) mass is 431 g/mol. The molecule has 3 rings (SSSR count). The second-order valence-corrected chi connectivity index (χ2v) is 7.67. The number of alkyl carbamates (subject to hydrolysis) is 1. The van der Waals surface area contributed by atoms with Crippen LogP contribution in [-0.4, -0.2) is 49.9 Å². The lowest BCUT2D eigenvalue weighted by Gasteiger charge is -2.27. The van der Waals surface area contributed by atoms with Crippen LogP contribution >= 0.6 is 0 Å². The van der Waals surface area contributed by atoms with Gasteiger partial charge in [-0.1, -0.05) is 18.6 Å². The van der Waals surface area contributed by atoms with Crippen molar-refractivity contribution in [2.75, 3.05) is 6.61 Å². The zero-order chi connectivity index (χ0) is 22.2. The second-order valence-electron chi connectivity index (χ2n) is 7.67. The number of aliphatic carboxylic acids is 1. The Kier molecular flexibility index (Phi) is 7.80. The van der Waals surface area contributed by atoms with Crippen molar-refractivity contribution in [1.29, 1.82) is 0 Å². The third-order valence-corrected chi connectivity index (χ3v) is 5.33. The molecule has 2 N–H and O–H groups in total. The number of hydrogen-bond donors (Lipinski definition) is 2. The van der Waals surface area contributed by atoms with Crippen LogP contribution in [0.15, 0.2) is 18.3 Å². The molecule has 1 saturated carbocycles. The molecule has 0 bridgehead atoms. The maximum absolute atomic E-state index is 11.8. The van der Waals surface area contributed by atoms with Gasteiger partial charge in [0.25, 0.3) is 0 Å². The summed E-state index contributed by atoms with van der Waals surface area (Å²) in [4.78, 5) is 27.5. The maximum atomic E-state index is 11.8. The molecule has 0 spiro atoms. The van der Waals surface area contributed by atoms with Crippen LogP contribution in [0.2, 0.25) is 0 Å². The quantitative estimate of drug-likeness (QED) is 0.580. The molecule has 1 fully saturated rings. The summed E-state index contributed by atoms with van der Waals surface area (Å²) < 4.78 is 12.6. The van der Waals surface area contributed by atoms with Crippen molar-refractivity contribution in [3.8, 4) is 17.1 Å².